The first-order valence-corrected chi connectivity index (χ1v) is 9.17. The monoisotopic (exact) mass is 410 g/mol. The minimum atomic E-state index is -0.445. The van der Waals surface area contributed by atoms with E-state index in [4.69, 9.17) is 10.5 Å². The van der Waals surface area contributed by atoms with Crippen molar-refractivity contribution in [3.05, 3.63) is 64.7 Å². The van der Waals surface area contributed by atoms with Crippen molar-refractivity contribution in [3.63, 3.8) is 0 Å². The van der Waals surface area contributed by atoms with Gasteiger partial charge < -0.3 is 15.8 Å². The standard InChI is InChI=1S/C20H19FN6O3/c1-12-4-15(14-2-3-17-16(5-14)25-18(28)10-30-17)8-23-19(12)26-11-24-27(20(26)29)9-13(6-21)7-22/h2-6,8,11H,7,9-10,22H2,1H3,(H,25,28)/b13-6+. The number of fused-ring (bicyclic) bond motifs is 1. The normalized spacial score (nSPS) is 13.6. The fourth-order valence-electron chi connectivity index (χ4n) is 3.17. The van der Waals surface area contributed by atoms with Gasteiger partial charge in [-0.3, -0.25) is 4.79 Å². The number of anilines is 1. The van der Waals surface area contributed by atoms with Gasteiger partial charge in [0, 0.05) is 18.3 Å². The SMILES string of the molecule is Cc1cc(-c2ccc3c(c2)NC(=O)CO3)cnc1-n1cnn(C/C(=C/F)CN)c1=O. The van der Waals surface area contributed by atoms with E-state index >= 15 is 0 Å². The predicted octanol–water partition coefficient (Wildman–Crippen LogP) is 1.55. The number of hydrogen-bond donors (Lipinski definition) is 2. The van der Waals surface area contributed by atoms with E-state index in [0.29, 0.717) is 23.6 Å². The highest BCUT2D eigenvalue weighted by Crippen LogP contribution is 2.33. The lowest BCUT2D eigenvalue weighted by molar-refractivity contribution is -0.118. The minimum absolute atomic E-state index is 0.00195. The topological polar surface area (TPSA) is 117 Å². The Morgan fingerprint density at radius 1 is 1.33 bits per heavy atom. The van der Waals surface area contributed by atoms with Crippen LogP contribution in [0.2, 0.25) is 0 Å². The Kier molecular flexibility index (Phi) is 5.15. The maximum atomic E-state index is 12.8. The van der Waals surface area contributed by atoms with Gasteiger partial charge in [-0.2, -0.15) is 5.10 Å². The zero-order valence-corrected chi connectivity index (χ0v) is 16.1. The molecule has 0 saturated heterocycles. The molecule has 30 heavy (non-hydrogen) atoms. The lowest BCUT2D eigenvalue weighted by Crippen LogP contribution is -2.26. The van der Waals surface area contributed by atoms with Crippen LogP contribution in [0.15, 0.2) is 53.5 Å². The van der Waals surface area contributed by atoms with Crippen molar-refractivity contribution in [2.45, 2.75) is 13.5 Å². The first-order valence-electron chi connectivity index (χ1n) is 9.17. The molecule has 10 heteroatoms. The largest absolute Gasteiger partial charge is 0.482 e. The number of nitrogens with two attached hydrogens (primary N) is 1. The summed E-state index contributed by atoms with van der Waals surface area (Å²) >= 11 is 0. The molecule has 1 amide bonds. The fraction of sp³-hybridized carbons (Fsp3) is 0.200. The van der Waals surface area contributed by atoms with E-state index in [1.54, 1.807) is 12.3 Å². The number of nitrogens with one attached hydrogen (secondary N) is 1. The summed E-state index contributed by atoms with van der Waals surface area (Å²) < 4.78 is 20.6. The lowest BCUT2D eigenvalue weighted by atomic mass is 10.0. The average molecular weight is 410 g/mol. The number of amides is 1. The van der Waals surface area contributed by atoms with Crippen LogP contribution in [0.25, 0.3) is 16.9 Å². The second-order valence-electron chi connectivity index (χ2n) is 6.82. The Morgan fingerprint density at radius 2 is 2.17 bits per heavy atom. The number of hydrogen-bond acceptors (Lipinski definition) is 6. The number of ether oxygens (including phenoxy) is 1. The molecule has 0 fully saturated rings. The van der Waals surface area contributed by atoms with Crippen molar-refractivity contribution < 1.29 is 13.9 Å². The summed E-state index contributed by atoms with van der Waals surface area (Å²) in [5.41, 5.74) is 8.24. The summed E-state index contributed by atoms with van der Waals surface area (Å²) in [7, 11) is 0. The zero-order valence-electron chi connectivity index (χ0n) is 16.1. The summed E-state index contributed by atoms with van der Waals surface area (Å²) in [4.78, 5) is 28.6. The average Bonchev–Trinajstić information content (AvgIpc) is 3.11. The Labute approximate surface area is 170 Å². The number of aryl methyl sites for hydroxylation is 1. The van der Waals surface area contributed by atoms with E-state index in [2.05, 4.69) is 15.4 Å². The maximum absolute atomic E-state index is 12.8. The molecule has 1 aliphatic heterocycles. The van der Waals surface area contributed by atoms with Crippen LogP contribution in [-0.2, 0) is 11.3 Å². The summed E-state index contributed by atoms with van der Waals surface area (Å²) in [5.74, 6) is 0.821. The van der Waals surface area contributed by atoms with Crippen LogP contribution in [0.3, 0.4) is 0 Å². The molecule has 1 aromatic carbocycles. The zero-order chi connectivity index (χ0) is 21.3. The highest BCUT2D eigenvalue weighted by Gasteiger charge is 2.17. The molecule has 2 aromatic heterocycles. The van der Waals surface area contributed by atoms with Crippen LogP contribution in [-0.4, -0.2) is 38.4 Å². The highest BCUT2D eigenvalue weighted by molar-refractivity contribution is 5.96. The molecule has 9 nitrogen and oxygen atoms in total. The first kappa shape index (κ1) is 19.5. The van der Waals surface area contributed by atoms with Gasteiger partial charge in [-0.1, -0.05) is 6.07 Å². The second kappa shape index (κ2) is 7.91. The number of nitrogens with zero attached hydrogens (tertiary/aromatic N) is 4. The molecule has 0 aliphatic carbocycles. The van der Waals surface area contributed by atoms with E-state index in [1.165, 1.54) is 10.9 Å². The Morgan fingerprint density at radius 3 is 2.90 bits per heavy atom. The van der Waals surface area contributed by atoms with Crippen LogP contribution >= 0.6 is 0 Å². The van der Waals surface area contributed by atoms with Crippen molar-refractivity contribution in [3.8, 4) is 22.7 Å². The molecule has 0 spiro atoms. The van der Waals surface area contributed by atoms with Crippen LogP contribution < -0.4 is 21.5 Å². The van der Waals surface area contributed by atoms with Gasteiger partial charge in [0.15, 0.2) is 6.61 Å². The van der Waals surface area contributed by atoms with Crippen LogP contribution in [0.4, 0.5) is 10.1 Å². The van der Waals surface area contributed by atoms with Gasteiger partial charge in [0.1, 0.15) is 17.9 Å². The third-order valence-electron chi connectivity index (χ3n) is 4.73. The van der Waals surface area contributed by atoms with Gasteiger partial charge in [0.25, 0.3) is 5.91 Å². The van der Waals surface area contributed by atoms with Gasteiger partial charge in [-0.15, -0.1) is 0 Å². The number of benzene rings is 1. The molecule has 0 radical (unpaired) electrons. The van der Waals surface area contributed by atoms with Gasteiger partial charge in [-0.25, -0.2) is 23.4 Å². The van der Waals surface area contributed by atoms with Crippen molar-refractivity contribution in [1.29, 1.82) is 0 Å². The second-order valence-corrected chi connectivity index (χ2v) is 6.82. The Balaban J connectivity index is 1.65. The number of pyridine rings is 1. The maximum Gasteiger partial charge on any atom is 0.351 e. The van der Waals surface area contributed by atoms with Crippen LogP contribution in [0, 0.1) is 6.92 Å². The quantitative estimate of drug-likeness (QED) is 0.659. The summed E-state index contributed by atoms with van der Waals surface area (Å²) in [6.45, 7) is 1.79. The molecule has 0 unspecified atom stereocenters. The molecular formula is C20H19FN6O3. The van der Waals surface area contributed by atoms with Crippen molar-refractivity contribution in [2.75, 3.05) is 18.5 Å². The molecular weight excluding hydrogens is 391 g/mol. The summed E-state index contributed by atoms with van der Waals surface area (Å²) in [5, 5.41) is 6.79. The van der Waals surface area contributed by atoms with Crippen molar-refractivity contribution in [1.82, 2.24) is 19.3 Å². The van der Waals surface area contributed by atoms with Gasteiger partial charge in [-0.05, 0) is 41.8 Å². The van der Waals surface area contributed by atoms with Crippen molar-refractivity contribution >= 4 is 11.6 Å². The number of aromatic nitrogens is 4. The molecule has 1 aliphatic rings. The van der Waals surface area contributed by atoms with E-state index in [-0.39, 0.29) is 31.2 Å². The number of carbonyl (C=O) groups excluding carboxylic acids is 1. The highest BCUT2D eigenvalue weighted by atomic mass is 19.1. The molecule has 0 atom stereocenters. The summed E-state index contributed by atoms with van der Waals surface area (Å²) in [6, 6.07) is 7.35. The molecule has 3 N–H and O–H groups in total. The predicted molar refractivity (Wildman–Crippen MR) is 108 cm³/mol. The molecule has 0 saturated carbocycles. The third-order valence-corrected chi connectivity index (χ3v) is 4.73. The number of halogens is 1. The van der Waals surface area contributed by atoms with Gasteiger partial charge in [0.05, 0.1) is 18.6 Å². The van der Waals surface area contributed by atoms with E-state index in [1.807, 2.05) is 25.1 Å². The number of rotatable bonds is 5. The van der Waals surface area contributed by atoms with E-state index in [0.717, 1.165) is 21.4 Å². The van der Waals surface area contributed by atoms with Gasteiger partial charge >= 0.3 is 5.69 Å². The summed E-state index contributed by atoms with van der Waals surface area (Å²) in [6.07, 6.45) is 3.36. The smallest absolute Gasteiger partial charge is 0.351 e. The number of carbonyl (C=O) groups is 1. The molecule has 3 heterocycles. The third kappa shape index (κ3) is 3.60. The first-order chi connectivity index (χ1) is 14.5. The van der Waals surface area contributed by atoms with Crippen molar-refractivity contribution in [2.24, 2.45) is 5.73 Å². The Hall–Kier alpha value is -3.79. The molecule has 0 bridgehead atoms. The Bertz CT molecular complexity index is 1210. The van der Waals surface area contributed by atoms with E-state index < -0.39 is 5.69 Å². The van der Waals surface area contributed by atoms with Crippen LogP contribution in [0.1, 0.15) is 5.56 Å². The minimum Gasteiger partial charge on any atom is -0.482 e. The van der Waals surface area contributed by atoms with Gasteiger partial charge in [0.2, 0.25) is 0 Å². The molecule has 4 rings (SSSR count). The lowest BCUT2D eigenvalue weighted by Gasteiger charge is -2.18. The fourth-order valence-corrected chi connectivity index (χ4v) is 3.17. The molecule has 154 valence electrons. The molecule has 3 aromatic rings. The van der Waals surface area contributed by atoms with Crippen LogP contribution in [0.5, 0.6) is 5.75 Å². The van der Waals surface area contributed by atoms with E-state index in [9.17, 15) is 14.0 Å².